The van der Waals surface area contributed by atoms with Crippen LogP contribution < -0.4 is 15.4 Å². The fraction of sp³-hybridized carbons (Fsp3) is 0.510. The normalized spacial score (nSPS) is 24.9. The molecule has 0 radical (unpaired) electrons. The Hall–Kier alpha value is -6.16. The number of H-pyrrole nitrogens is 2. The predicted molar refractivity (Wildman–Crippen MR) is 244 cm³/mol. The number of amides is 4. The molecule has 0 unspecified atom stereocenters. The topological polar surface area (TPSA) is 193 Å². The molecule has 0 aliphatic carbocycles. The van der Waals surface area contributed by atoms with Gasteiger partial charge in [-0.2, -0.15) is 0 Å². The molecule has 6 heterocycles. The fourth-order valence-corrected chi connectivity index (χ4v) is 10.8. The molecule has 4 aliphatic rings. The number of nitrogens with one attached hydrogen (secondary N) is 4. The average molecular weight is 889 g/mol. The number of imidazole rings is 2. The van der Waals surface area contributed by atoms with E-state index in [0.717, 1.165) is 81.2 Å². The smallest absolute Gasteiger partial charge is 0.407 e. The molecular weight excluding hydrogens is 829 g/mol. The number of nitrogens with zero attached hydrogens (tertiary/aromatic N) is 4. The molecule has 344 valence electrons. The molecule has 4 aliphatic heterocycles. The maximum absolute atomic E-state index is 14.5. The summed E-state index contributed by atoms with van der Waals surface area (Å²) in [6.07, 6.45) is 4.93. The molecule has 8 atom stereocenters. The monoisotopic (exact) mass is 888 g/mol. The van der Waals surface area contributed by atoms with Crippen molar-refractivity contribution in [1.82, 2.24) is 40.4 Å². The Kier molecular flexibility index (Phi) is 12.0. The van der Waals surface area contributed by atoms with Gasteiger partial charge in [0.15, 0.2) is 0 Å². The highest BCUT2D eigenvalue weighted by atomic mass is 16.5. The van der Waals surface area contributed by atoms with E-state index in [2.05, 4.69) is 63.9 Å². The number of ether oxygens (including phenoxy) is 4. The number of benzene rings is 3. The first-order chi connectivity index (χ1) is 31.2. The summed E-state index contributed by atoms with van der Waals surface area (Å²) >= 11 is 0. The molecule has 16 heteroatoms. The summed E-state index contributed by atoms with van der Waals surface area (Å²) in [4.78, 5) is 74.0. The number of rotatable bonds is 9. The number of fused-ring (bicyclic) bond motifs is 6. The third-order valence-electron chi connectivity index (χ3n) is 14.1. The fourth-order valence-electron chi connectivity index (χ4n) is 10.8. The van der Waals surface area contributed by atoms with Crippen LogP contribution >= 0.6 is 0 Å². The van der Waals surface area contributed by atoms with Gasteiger partial charge in [-0.25, -0.2) is 19.6 Å². The minimum absolute atomic E-state index is 0.0292. The predicted octanol–water partition coefficient (Wildman–Crippen LogP) is 8.08. The van der Waals surface area contributed by atoms with Gasteiger partial charge in [-0.15, -0.1) is 0 Å². The van der Waals surface area contributed by atoms with Gasteiger partial charge in [-0.3, -0.25) is 9.59 Å². The van der Waals surface area contributed by atoms with Gasteiger partial charge < -0.3 is 49.3 Å². The van der Waals surface area contributed by atoms with E-state index in [1.165, 1.54) is 14.2 Å². The summed E-state index contributed by atoms with van der Waals surface area (Å²) in [7, 11) is 2.61. The second-order valence-electron chi connectivity index (χ2n) is 18.8. The molecule has 0 spiro atoms. The highest BCUT2D eigenvalue weighted by Gasteiger charge is 2.45. The number of carbonyl (C=O) groups excluding carboxylic acids is 4. The summed E-state index contributed by atoms with van der Waals surface area (Å²) in [5.41, 5.74) is 6.57. The lowest BCUT2D eigenvalue weighted by Crippen LogP contribution is -2.55. The average Bonchev–Trinajstić information content (AvgIpc) is 4.11. The molecule has 4 N–H and O–H groups in total. The van der Waals surface area contributed by atoms with E-state index in [0.29, 0.717) is 31.1 Å². The van der Waals surface area contributed by atoms with E-state index in [9.17, 15) is 19.2 Å². The third kappa shape index (κ3) is 8.25. The Bertz CT molecular complexity index is 2630. The van der Waals surface area contributed by atoms with E-state index >= 15 is 0 Å². The van der Waals surface area contributed by atoms with Crippen LogP contribution in [0.4, 0.5) is 9.59 Å². The van der Waals surface area contributed by atoms with Crippen LogP contribution in [0.1, 0.15) is 109 Å². The van der Waals surface area contributed by atoms with Gasteiger partial charge in [0, 0.05) is 23.0 Å². The number of aromatic nitrogens is 4. The summed E-state index contributed by atoms with van der Waals surface area (Å²) in [5.74, 6) is 1.67. The van der Waals surface area contributed by atoms with Crippen molar-refractivity contribution in [2.45, 2.75) is 135 Å². The molecule has 0 saturated carbocycles. The van der Waals surface area contributed by atoms with E-state index < -0.39 is 24.3 Å². The number of hydrogen-bond donors (Lipinski definition) is 4. The number of carbonyl (C=O) groups is 4. The van der Waals surface area contributed by atoms with Gasteiger partial charge in [0.25, 0.3) is 0 Å². The van der Waals surface area contributed by atoms with Gasteiger partial charge in [0.2, 0.25) is 11.8 Å². The Morgan fingerprint density at radius 1 is 0.785 bits per heavy atom. The molecule has 16 nitrogen and oxygen atoms in total. The first kappa shape index (κ1) is 44.1. The van der Waals surface area contributed by atoms with Crippen molar-refractivity contribution in [2.24, 2.45) is 11.8 Å². The molecule has 3 saturated heterocycles. The zero-order chi connectivity index (χ0) is 45.8. The number of alkyl carbamates (subject to hydrolysis) is 2. The standard InChI is InChI=1S/C49H60N8O8/c1-24(2)41(54-48(60)62-7)46(58)57-26(4)10-16-39(57)45-51-36-14-12-29-20-35-33-13-11-30(19-32(33)23-64-40(35)21-34(29)43(36)53-45)37-22-50-44(52-37)38-15-9-25(3)56(38)47(59)42(55-49(61)63-8)31-17-27(5)65-28(6)18-31/h11-14,19-22,24-28,31,38-39,41-42H,9-10,15-18,23H2,1-8H3,(H,50,52)(H,51,53)(H,54,60)(H,55,61)/t25-,26-,27+,28+,38-,39-,41-,42-/m0/s1. The van der Waals surface area contributed by atoms with Gasteiger partial charge >= 0.3 is 12.2 Å². The van der Waals surface area contributed by atoms with Crippen LogP contribution in [0.25, 0.3) is 44.2 Å². The minimum Gasteiger partial charge on any atom is -0.488 e. The van der Waals surface area contributed by atoms with E-state index in [1.807, 2.05) is 56.7 Å². The molecular formula is C49H60N8O8. The summed E-state index contributed by atoms with van der Waals surface area (Å²) in [5, 5.41) is 7.58. The third-order valence-corrected chi connectivity index (χ3v) is 14.1. The van der Waals surface area contributed by atoms with Crippen LogP contribution in [0.15, 0.2) is 48.7 Å². The van der Waals surface area contributed by atoms with E-state index in [4.69, 9.17) is 28.9 Å². The molecule has 0 bridgehead atoms. The first-order valence-electron chi connectivity index (χ1n) is 23.0. The number of methoxy groups -OCH3 is 2. The van der Waals surface area contributed by atoms with Crippen LogP contribution in [0.3, 0.4) is 0 Å². The highest BCUT2D eigenvalue weighted by molar-refractivity contribution is 6.07. The van der Waals surface area contributed by atoms with Crippen molar-refractivity contribution in [3.05, 3.63) is 65.9 Å². The lowest BCUT2D eigenvalue weighted by molar-refractivity contribution is -0.140. The molecule has 9 rings (SSSR count). The van der Waals surface area contributed by atoms with Crippen molar-refractivity contribution in [1.29, 1.82) is 0 Å². The van der Waals surface area contributed by atoms with Crippen LogP contribution in [0.5, 0.6) is 5.75 Å². The summed E-state index contributed by atoms with van der Waals surface area (Å²) in [6, 6.07) is 12.6. The number of hydrogen-bond acceptors (Lipinski definition) is 10. The van der Waals surface area contributed by atoms with Crippen LogP contribution in [0, 0.1) is 11.8 Å². The second-order valence-corrected chi connectivity index (χ2v) is 18.8. The molecule has 5 aromatic rings. The zero-order valence-corrected chi connectivity index (χ0v) is 38.4. The molecule has 3 aromatic carbocycles. The Morgan fingerprint density at radius 2 is 1.46 bits per heavy atom. The van der Waals surface area contributed by atoms with Gasteiger partial charge in [0.1, 0.15) is 36.1 Å². The molecule has 4 amide bonds. The zero-order valence-electron chi connectivity index (χ0n) is 38.4. The van der Waals surface area contributed by atoms with Crippen LogP contribution in [-0.2, 0) is 30.4 Å². The second kappa shape index (κ2) is 17.7. The Labute approximate surface area is 378 Å². The summed E-state index contributed by atoms with van der Waals surface area (Å²) in [6.45, 7) is 12.3. The van der Waals surface area contributed by atoms with Gasteiger partial charge in [-0.05, 0) is 124 Å². The SMILES string of the molecule is COC(=O)N[C@H](C(=O)N1[C@@H](C)CC[C@H]1c1nc2c(ccc3cc4c(cc32)OCc2cc(-c3cnc([C@@H]5CC[C@H](C)N5C(=O)[C@@H](NC(=O)OC)C5C[C@@H](C)O[C@H](C)C5)[nH]3)ccc2-4)[nH]1)C(C)C. The van der Waals surface area contributed by atoms with Crippen LogP contribution in [0.2, 0.25) is 0 Å². The van der Waals surface area contributed by atoms with Gasteiger partial charge in [0.05, 0.1) is 61.4 Å². The molecule has 3 fully saturated rings. The number of likely N-dealkylation sites (tertiary alicyclic amines) is 2. The lowest BCUT2D eigenvalue weighted by Gasteiger charge is -2.39. The minimum atomic E-state index is -0.747. The van der Waals surface area contributed by atoms with Crippen molar-refractivity contribution in [3.63, 3.8) is 0 Å². The first-order valence-corrected chi connectivity index (χ1v) is 23.0. The lowest BCUT2D eigenvalue weighted by atomic mass is 9.85. The van der Waals surface area contributed by atoms with Crippen molar-refractivity contribution < 1.29 is 38.1 Å². The summed E-state index contributed by atoms with van der Waals surface area (Å²) < 4.78 is 22.2. The maximum Gasteiger partial charge on any atom is 0.407 e. The van der Waals surface area contributed by atoms with Crippen LogP contribution in [-0.4, -0.2) is 104 Å². The Morgan fingerprint density at radius 3 is 2.15 bits per heavy atom. The Balaban J connectivity index is 0.959. The van der Waals surface area contributed by atoms with E-state index in [1.54, 1.807) is 0 Å². The number of aromatic amines is 2. The van der Waals surface area contributed by atoms with Crippen molar-refractivity contribution in [2.75, 3.05) is 14.2 Å². The highest BCUT2D eigenvalue weighted by Crippen LogP contribution is 2.44. The van der Waals surface area contributed by atoms with Gasteiger partial charge in [-0.1, -0.05) is 32.0 Å². The largest absolute Gasteiger partial charge is 0.488 e. The van der Waals surface area contributed by atoms with Crippen molar-refractivity contribution >= 4 is 45.8 Å². The molecule has 65 heavy (non-hydrogen) atoms. The maximum atomic E-state index is 14.5. The van der Waals surface area contributed by atoms with E-state index in [-0.39, 0.29) is 60.0 Å². The quantitative estimate of drug-likeness (QED) is 0.112. The van der Waals surface area contributed by atoms with Crippen molar-refractivity contribution in [3.8, 4) is 28.1 Å². The molecule has 2 aromatic heterocycles.